The summed E-state index contributed by atoms with van der Waals surface area (Å²) >= 11 is 6.14. The van der Waals surface area contributed by atoms with Crippen molar-refractivity contribution in [1.29, 1.82) is 0 Å². The minimum atomic E-state index is -2.68. The van der Waals surface area contributed by atoms with Crippen molar-refractivity contribution in [2.75, 3.05) is 6.98 Å². The first-order chi connectivity index (χ1) is 12.8. The SMILES string of the molecule is [2H]C([2H])([2H])N1C(=O)c2cccc(F)c2[C@H]2C[C@@H]1c1nc3ccc(Cl)cc3n12. The first-order valence-corrected chi connectivity index (χ1v) is 7.94. The molecule has 2 aliphatic heterocycles. The molecule has 0 radical (unpaired) electrons. The van der Waals surface area contributed by atoms with E-state index in [2.05, 4.69) is 4.98 Å². The van der Waals surface area contributed by atoms with Crippen LogP contribution in [0.25, 0.3) is 11.0 Å². The summed E-state index contributed by atoms with van der Waals surface area (Å²) in [5, 5.41) is 0.502. The van der Waals surface area contributed by atoms with Gasteiger partial charge in [0.1, 0.15) is 11.6 Å². The van der Waals surface area contributed by atoms with Gasteiger partial charge in [-0.15, -0.1) is 0 Å². The van der Waals surface area contributed by atoms with Crippen molar-refractivity contribution in [3.8, 4) is 0 Å². The van der Waals surface area contributed by atoms with Crippen LogP contribution in [-0.2, 0) is 0 Å². The predicted molar refractivity (Wildman–Crippen MR) is 88.7 cm³/mol. The third kappa shape index (κ3) is 1.62. The van der Waals surface area contributed by atoms with Crippen molar-refractivity contribution in [2.24, 2.45) is 0 Å². The molecule has 24 heavy (non-hydrogen) atoms. The van der Waals surface area contributed by atoms with Gasteiger partial charge in [0, 0.05) is 33.7 Å². The van der Waals surface area contributed by atoms with E-state index in [0.29, 0.717) is 21.9 Å². The molecular weight excluding hydrogens is 329 g/mol. The predicted octanol–water partition coefficient (Wildman–Crippen LogP) is 3.95. The summed E-state index contributed by atoms with van der Waals surface area (Å²) in [5.41, 5.74) is 1.60. The van der Waals surface area contributed by atoms with Crippen LogP contribution in [0, 0.1) is 5.82 Å². The van der Waals surface area contributed by atoms with E-state index in [1.807, 2.05) is 4.57 Å². The van der Waals surface area contributed by atoms with Crippen LogP contribution in [0.4, 0.5) is 4.39 Å². The average molecular weight is 345 g/mol. The lowest BCUT2D eigenvalue weighted by Gasteiger charge is -2.23. The Kier molecular flexibility index (Phi) is 2.14. The molecule has 2 atom stereocenters. The van der Waals surface area contributed by atoms with E-state index in [0.717, 1.165) is 4.90 Å². The fourth-order valence-corrected chi connectivity index (χ4v) is 4.04. The Hall–Kier alpha value is -2.40. The van der Waals surface area contributed by atoms with Crippen molar-refractivity contribution in [1.82, 2.24) is 14.5 Å². The van der Waals surface area contributed by atoms with E-state index < -0.39 is 30.8 Å². The number of hydrogen-bond acceptors (Lipinski definition) is 2. The highest BCUT2D eigenvalue weighted by Crippen LogP contribution is 2.48. The number of benzene rings is 2. The molecule has 3 aromatic rings. The Morgan fingerprint density at radius 3 is 3.04 bits per heavy atom. The smallest absolute Gasteiger partial charge is 0.254 e. The largest absolute Gasteiger partial charge is 0.331 e. The highest BCUT2D eigenvalue weighted by atomic mass is 35.5. The van der Waals surface area contributed by atoms with Gasteiger partial charge in [0.05, 0.1) is 23.1 Å². The van der Waals surface area contributed by atoms with Gasteiger partial charge in [-0.1, -0.05) is 17.7 Å². The molecule has 1 aromatic heterocycles. The second kappa shape index (κ2) is 4.57. The van der Waals surface area contributed by atoms with E-state index >= 15 is 0 Å². The highest BCUT2D eigenvalue weighted by molar-refractivity contribution is 6.31. The molecule has 0 fully saturated rings. The highest BCUT2D eigenvalue weighted by Gasteiger charge is 2.44. The molecule has 0 N–H and O–H groups in total. The van der Waals surface area contributed by atoms with Gasteiger partial charge in [-0.25, -0.2) is 9.37 Å². The van der Waals surface area contributed by atoms with Crippen LogP contribution in [0.1, 0.15) is 44.4 Å². The number of amides is 1. The van der Waals surface area contributed by atoms with Crippen LogP contribution >= 0.6 is 11.6 Å². The maximum absolute atomic E-state index is 14.8. The van der Waals surface area contributed by atoms with Crippen molar-refractivity contribution in [3.63, 3.8) is 0 Å². The third-order valence-electron chi connectivity index (χ3n) is 4.88. The number of fused-ring (bicyclic) bond motifs is 9. The Morgan fingerprint density at radius 1 is 1.33 bits per heavy atom. The van der Waals surface area contributed by atoms with Crippen molar-refractivity contribution in [3.05, 3.63) is 64.2 Å². The van der Waals surface area contributed by atoms with Gasteiger partial charge in [0.15, 0.2) is 0 Å². The lowest BCUT2D eigenvalue weighted by Crippen LogP contribution is -2.30. The van der Waals surface area contributed by atoms with Gasteiger partial charge in [0.2, 0.25) is 0 Å². The normalized spacial score (nSPS) is 24.2. The van der Waals surface area contributed by atoms with Gasteiger partial charge in [-0.05, 0) is 30.3 Å². The Balaban J connectivity index is 1.88. The quantitative estimate of drug-likeness (QED) is 0.619. The summed E-state index contributed by atoms with van der Waals surface area (Å²) in [6.07, 6.45) is 0.253. The van der Waals surface area contributed by atoms with Gasteiger partial charge in [-0.2, -0.15) is 0 Å². The zero-order valence-electron chi connectivity index (χ0n) is 15.3. The summed E-state index contributed by atoms with van der Waals surface area (Å²) in [4.78, 5) is 18.5. The lowest BCUT2D eigenvalue weighted by atomic mass is 9.98. The maximum atomic E-state index is 14.8. The summed E-state index contributed by atoms with van der Waals surface area (Å²) in [6.45, 7) is -2.68. The van der Waals surface area contributed by atoms with Crippen LogP contribution in [0.3, 0.4) is 0 Å². The molecule has 0 spiro atoms. The number of aromatic nitrogens is 2. The topological polar surface area (TPSA) is 38.1 Å². The molecule has 0 unspecified atom stereocenters. The first kappa shape index (κ1) is 11.2. The van der Waals surface area contributed by atoms with Crippen molar-refractivity contribution in [2.45, 2.75) is 18.5 Å². The number of nitrogens with zero attached hydrogens (tertiary/aromatic N) is 3. The van der Waals surface area contributed by atoms with Crippen LogP contribution in [0.5, 0.6) is 0 Å². The number of carbonyl (C=O) groups excluding carboxylic acids is 1. The fraction of sp³-hybridized carbons (Fsp3) is 0.222. The lowest BCUT2D eigenvalue weighted by molar-refractivity contribution is 0.0734. The Labute approximate surface area is 146 Å². The second-order valence-electron chi connectivity index (χ2n) is 6.12. The zero-order chi connectivity index (χ0) is 19.1. The number of carbonyl (C=O) groups is 1. The second-order valence-corrected chi connectivity index (χ2v) is 6.55. The van der Waals surface area contributed by atoms with Gasteiger partial charge in [0.25, 0.3) is 5.91 Å². The van der Waals surface area contributed by atoms with Crippen LogP contribution in [-0.4, -0.2) is 27.3 Å². The van der Waals surface area contributed by atoms with E-state index in [1.54, 1.807) is 18.2 Å². The molecule has 2 aliphatic rings. The van der Waals surface area contributed by atoms with Crippen LogP contribution < -0.4 is 0 Å². The molecule has 2 bridgehead atoms. The van der Waals surface area contributed by atoms with Crippen LogP contribution in [0.2, 0.25) is 5.02 Å². The van der Waals surface area contributed by atoms with Gasteiger partial charge < -0.3 is 9.47 Å². The minimum Gasteiger partial charge on any atom is -0.331 e. The van der Waals surface area contributed by atoms with E-state index in [9.17, 15) is 9.18 Å². The molecule has 0 saturated carbocycles. The van der Waals surface area contributed by atoms with Crippen molar-refractivity contribution >= 4 is 28.5 Å². The van der Waals surface area contributed by atoms with Crippen molar-refractivity contribution < 1.29 is 13.3 Å². The Morgan fingerprint density at radius 2 is 2.21 bits per heavy atom. The number of rotatable bonds is 0. The first-order valence-electron chi connectivity index (χ1n) is 9.07. The molecule has 5 rings (SSSR count). The number of imidazole rings is 1. The summed E-state index contributed by atoms with van der Waals surface area (Å²) < 4.78 is 40.3. The monoisotopic (exact) mass is 344 g/mol. The number of halogens is 2. The molecule has 1 amide bonds. The summed E-state index contributed by atoms with van der Waals surface area (Å²) in [7, 11) is 0. The van der Waals surface area contributed by atoms with E-state index in [4.69, 9.17) is 15.7 Å². The number of hydrogen-bond donors (Lipinski definition) is 0. The third-order valence-corrected chi connectivity index (χ3v) is 5.12. The standard InChI is InChI=1S/C18H13ClFN3O/c1-22-15-8-14(16-10(18(22)24)3-2-4-11(16)20)23-13-7-9(19)5-6-12(13)21-17(15)23/h2-7,14-15H,8H2,1H3/t14-,15-/m1/s1/i1D3. The van der Waals surface area contributed by atoms with Gasteiger partial charge in [-0.3, -0.25) is 4.79 Å². The minimum absolute atomic E-state index is 0.0770. The summed E-state index contributed by atoms with van der Waals surface area (Å²) in [5.74, 6) is -0.794. The molecule has 4 nitrogen and oxygen atoms in total. The Bertz CT molecular complexity index is 1130. The fourth-order valence-electron chi connectivity index (χ4n) is 3.87. The molecular formula is C18H13ClFN3O. The molecule has 120 valence electrons. The molecule has 6 heteroatoms. The van der Waals surface area contributed by atoms with Gasteiger partial charge >= 0.3 is 0 Å². The zero-order valence-corrected chi connectivity index (χ0v) is 13.1. The molecule has 0 aliphatic carbocycles. The van der Waals surface area contributed by atoms with E-state index in [-0.39, 0.29) is 17.5 Å². The maximum Gasteiger partial charge on any atom is 0.254 e. The van der Waals surface area contributed by atoms with Crippen LogP contribution in [0.15, 0.2) is 36.4 Å². The molecule has 2 aromatic carbocycles. The molecule has 3 heterocycles. The molecule has 0 saturated heterocycles. The average Bonchev–Trinajstić information content (AvgIpc) is 3.07. The summed E-state index contributed by atoms with van der Waals surface area (Å²) in [6, 6.07) is 8.05. The van der Waals surface area contributed by atoms with E-state index in [1.165, 1.54) is 18.2 Å².